The fourth-order valence-corrected chi connectivity index (χ4v) is 2.29. The van der Waals surface area contributed by atoms with E-state index in [9.17, 15) is 14.4 Å². The second-order valence-corrected chi connectivity index (χ2v) is 4.93. The van der Waals surface area contributed by atoms with Gasteiger partial charge in [0.2, 0.25) is 0 Å². The first-order valence-electron chi connectivity index (χ1n) is 7.11. The Labute approximate surface area is 131 Å². The third-order valence-corrected chi connectivity index (χ3v) is 3.45. The molecular weight excluding hydrogens is 296 g/mol. The van der Waals surface area contributed by atoms with Crippen molar-refractivity contribution in [2.45, 2.75) is 6.54 Å². The Hall–Kier alpha value is -3.15. The number of carbonyl (C=O) groups excluding carboxylic acids is 1. The molecule has 2 aromatic carbocycles. The van der Waals surface area contributed by atoms with Gasteiger partial charge in [-0.1, -0.05) is 30.3 Å². The fourth-order valence-electron chi connectivity index (χ4n) is 2.29. The monoisotopic (exact) mass is 310 g/mol. The molecule has 0 aliphatic rings. The molecule has 0 fully saturated rings. The number of aromatic nitrogens is 2. The molecule has 3 rings (SSSR count). The van der Waals surface area contributed by atoms with Crippen LogP contribution in [0.25, 0.3) is 10.9 Å². The molecule has 3 aromatic rings. The van der Waals surface area contributed by atoms with Gasteiger partial charge in [0.15, 0.2) is 0 Å². The van der Waals surface area contributed by atoms with Gasteiger partial charge in [0.1, 0.15) is 6.61 Å². The minimum Gasteiger partial charge on any atom is -0.460 e. The number of nitrogens with one attached hydrogen (secondary N) is 1. The Bertz CT molecular complexity index is 957. The summed E-state index contributed by atoms with van der Waals surface area (Å²) in [6.07, 6.45) is 0. The summed E-state index contributed by atoms with van der Waals surface area (Å²) in [5.41, 5.74) is -0.0168. The van der Waals surface area contributed by atoms with Crippen molar-refractivity contribution in [3.05, 3.63) is 81.0 Å². The summed E-state index contributed by atoms with van der Waals surface area (Å²) in [6.45, 7) is -0.0629. The zero-order valence-corrected chi connectivity index (χ0v) is 12.2. The Balaban J connectivity index is 1.76. The molecule has 0 bridgehead atoms. The lowest BCUT2D eigenvalue weighted by atomic mass is 10.2. The molecule has 0 spiro atoms. The Morgan fingerprint density at radius 2 is 1.70 bits per heavy atom. The number of fused-ring (bicyclic) bond motifs is 1. The summed E-state index contributed by atoms with van der Waals surface area (Å²) in [7, 11) is 0. The molecule has 0 aliphatic carbocycles. The molecule has 0 amide bonds. The summed E-state index contributed by atoms with van der Waals surface area (Å²) >= 11 is 0. The molecule has 1 aromatic heterocycles. The lowest BCUT2D eigenvalue weighted by Gasteiger charge is -2.07. The molecule has 6 heteroatoms. The van der Waals surface area contributed by atoms with E-state index in [0.717, 1.165) is 4.57 Å². The van der Waals surface area contributed by atoms with Gasteiger partial charge in [0.05, 0.1) is 23.0 Å². The van der Waals surface area contributed by atoms with Crippen LogP contribution in [0.3, 0.4) is 0 Å². The lowest BCUT2D eigenvalue weighted by Crippen LogP contribution is -2.36. The predicted octanol–water partition coefficient (Wildman–Crippen LogP) is 1.55. The van der Waals surface area contributed by atoms with Crippen LogP contribution < -0.4 is 11.2 Å². The molecule has 1 N–H and O–H groups in total. The quantitative estimate of drug-likeness (QED) is 0.741. The zero-order valence-electron chi connectivity index (χ0n) is 12.2. The number of esters is 1. The molecule has 23 heavy (non-hydrogen) atoms. The number of benzene rings is 2. The van der Waals surface area contributed by atoms with E-state index >= 15 is 0 Å². The topological polar surface area (TPSA) is 81.2 Å². The average molecular weight is 310 g/mol. The number of para-hydroxylation sites is 1. The minimum absolute atomic E-state index is 0.00241. The summed E-state index contributed by atoms with van der Waals surface area (Å²) in [5, 5.41) is 0.418. The van der Waals surface area contributed by atoms with Gasteiger partial charge in [0.25, 0.3) is 5.56 Å². The van der Waals surface area contributed by atoms with Crippen molar-refractivity contribution in [2.75, 3.05) is 6.61 Å². The van der Waals surface area contributed by atoms with Gasteiger partial charge in [-0.2, -0.15) is 0 Å². The third-order valence-electron chi connectivity index (χ3n) is 3.45. The summed E-state index contributed by atoms with van der Waals surface area (Å²) in [5.74, 6) is -0.490. The van der Waals surface area contributed by atoms with E-state index in [1.165, 1.54) is 0 Å². The van der Waals surface area contributed by atoms with Gasteiger partial charge in [0, 0.05) is 0 Å². The number of rotatable bonds is 4. The van der Waals surface area contributed by atoms with Gasteiger partial charge in [-0.05, 0) is 24.3 Å². The van der Waals surface area contributed by atoms with Crippen LogP contribution in [-0.2, 0) is 11.3 Å². The van der Waals surface area contributed by atoms with Crippen molar-refractivity contribution in [3.8, 4) is 0 Å². The Kier molecular flexibility index (Phi) is 4.05. The van der Waals surface area contributed by atoms with Crippen LogP contribution in [0.2, 0.25) is 0 Å². The van der Waals surface area contributed by atoms with Crippen molar-refractivity contribution in [1.29, 1.82) is 0 Å². The maximum atomic E-state index is 12.3. The van der Waals surface area contributed by atoms with E-state index in [-0.39, 0.29) is 13.2 Å². The fraction of sp³-hybridized carbons (Fsp3) is 0.118. The van der Waals surface area contributed by atoms with Crippen LogP contribution in [-0.4, -0.2) is 22.1 Å². The van der Waals surface area contributed by atoms with Crippen molar-refractivity contribution < 1.29 is 9.53 Å². The Morgan fingerprint density at radius 1 is 1.00 bits per heavy atom. The number of ether oxygens (including phenoxy) is 1. The normalized spacial score (nSPS) is 10.6. The van der Waals surface area contributed by atoms with Crippen LogP contribution in [0.15, 0.2) is 64.2 Å². The van der Waals surface area contributed by atoms with Crippen molar-refractivity contribution in [1.82, 2.24) is 9.55 Å². The summed E-state index contributed by atoms with van der Waals surface area (Å²) in [6, 6.07) is 15.3. The standard InChI is InChI=1S/C17H14N2O4/c20-15-13-8-4-5-9-14(13)18-17(22)19(15)10-11-23-16(21)12-6-2-1-3-7-12/h1-9H,10-11H2,(H,18,22). The largest absolute Gasteiger partial charge is 0.460 e. The van der Waals surface area contributed by atoms with Gasteiger partial charge in [-0.15, -0.1) is 0 Å². The molecule has 0 aliphatic heterocycles. The average Bonchev–Trinajstić information content (AvgIpc) is 2.58. The number of nitrogens with zero attached hydrogens (tertiary/aromatic N) is 1. The van der Waals surface area contributed by atoms with Crippen LogP contribution >= 0.6 is 0 Å². The number of hydrogen-bond acceptors (Lipinski definition) is 4. The van der Waals surface area contributed by atoms with Crippen LogP contribution in [0.5, 0.6) is 0 Å². The third kappa shape index (κ3) is 3.06. The van der Waals surface area contributed by atoms with Gasteiger partial charge in [-0.3, -0.25) is 9.36 Å². The van der Waals surface area contributed by atoms with E-state index in [1.807, 2.05) is 0 Å². The minimum atomic E-state index is -0.524. The maximum Gasteiger partial charge on any atom is 0.338 e. The predicted molar refractivity (Wildman–Crippen MR) is 85.6 cm³/mol. The summed E-state index contributed by atoms with van der Waals surface area (Å²) in [4.78, 5) is 38.7. The van der Waals surface area contributed by atoms with Crippen LogP contribution in [0.1, 0.15) is 10.4 Å². The number of carbonyl (C=O) groups is 1. The Morgan fingerprint density at radius 3 is 2.48 bits per heavy atom. The van der Waals surface area contributed by atoms with Crippen molar-refractivity contribution >= 4 is 16.9 Å². The molecule has 6 nitrogen and oxygen atoms in total. The van der Waals surface area contributed by atoms with Crippen LogP contribution in [0.4, 0.5) is 0 Å². The van der Waals surface area contributed by atoms with Crippen LogP contribution in [0, 0.1) is 0 Å². The second-order valence-electron chi connectivity index (χ2n) is 4.93. The summed E-state index contributed by atoms with van der Waals surface area (Å²) < 4.78 is 6.13. The van der Waals surface area contributed by atoms with Crippen molar-refractivity contribution in [3.63, 3.8) is 0 Å². The highest BCUT2D eigenvalue weighted by Gasteiger charge is 2.09. The van der Waals surface area contributed by atoms with Gasteiger partial charge >= 0.3 is 11.7 Å². The molecule has 1 heterocycles. The molecule has 0 unspecified atom stereocenters. The van der Waals surface area contributed by atoms with E-state index in [1.54, 1.807) is 54.6 Å². The first-order valence-corrected chi connectivity index (χ1v) is 7.11. The number of H-pyrrole nitrogens is 1. The zero-order chi connectivity index (χ0) is 16.2. The lowest BCUT2D eigenvalue weighted by molar-refractivity contribution is 0.0489. The maximum absolute atomic E-state index is 12.3. The SMILES string of the molecule is O=C(OCCn1c(=O)[nH]c2ccccc2c1=O)c1ccccc1. The van der Waals surface area contributed by atoms with E-state index < -0.39 is 17.2 Å². The van der Waals surface area contributed by atoms with E-state index in [4.69, 9.17) is 4.74 Å². The van der Waals surface area contributed by atoms with Gasteiger partial charge in [-0.25, -0.2) is 9.59 Å². The molecule has 0 saturated carbocycles. The number of hydrogen-bond donors (Lipinski definition) is 1. The molecule has 0 saturated heterocycles. The van der Waals surface area contributed by atoms with Crippen molar-refractivity contribution in [2.24, 2.45) is 0 Å². The smallest absolute Gasteiger partial charge is 0.338 e. The second kappa shape index (κ2) is 6.31. The first-order chi connectivity index (χ1) is 11.2. The van der Waals surface area contributed by atoms with Gasteiger partial charge < -0.3 is 9.72 Å². The molecular formula is C17H14N2O4. The highest BCUT2D eigenvalue weighted by Crippen LogP contribution is 2.03. The highest BCUT2D eigenvalue weighted by atomic mass is 16.5. The molecule has 0 radical (unpaired) electrons. The first kappa shape index (κ1) is 14.8. The highest BCUT2D eigenvalue weighted by molar-refractivity contribution is 5.89. The molecule has 0 atom stereocenters. The van der Waals surface area contributed by atoms with E-state index in [2.05, 4.69) is 4.98 Å². The van der Waals surface area contributed by atoms with E-state index in [0.29, 0.717) is 16.5 Å². The number of aromatic amines is 1. The molecule has 116 valence electrons.